The predicted molar refractivity (Wildman–Crippen MR) is 98.3 cm³/mol. The molecule has 2 aromatic rings. The smallest absolute Gasteiger partial charge is 0.225 e. The Morgan fingerprint density at radius 3 is 2.56 bits per heavy atom. The number of nitrogens with zero attached hydrogens (tertiary/aromatic N) is 1. The molecule has 2 amide bonds. The fourth-order valence-corrected chi connectivity index (χ4v) is 3.19. The minimum atomic E-state index is -0.331. The molecule has 4 nitrogen and oxygen atoms in total. The maximum Gasteiger partial charge on any atom is 0.225 e. The van der Waals surface area contributed by atoms with Crippen LogP contribution in [0.1, 0.15) is 17.5 Å². The number of hydrogen-bond donors (Lipinski definition) is 1. The van der Waals surface area contributed by atoms with Gasteiger partial charge in [0, 0.05) is 36.1 Å². The van der Waals surface area contributed by atoms with Gasteiger partial charge in [-0.05, 0) is 29.3 Å². The lowest BCUT2D eigenvalue weighted by molar-refractivity contribution is -0.129. The van der Waals surface area contributed by atoms with E-state index in [4.69, 9.17) is 23.2 Å². The van der Waals surface area contributed by atoms with Crippen LogP contribution in [0.15, 0.2) is 48.5 Å². The van der Waals surface area contributed by atoms with E-state index in [2.05, 4.69) is 5.32 Å². The van der Waals surface area contributed by atoms with Crippen molar-refractivity contribution in [2.75, 3.05) is 6.54 Å². The zero-order valence-electron chi connectivity index (χ0n) is 13.5. The Kier molecular flexibility index (Phi) is 5.61. The number of nitrogens with one attached hydrogen (secondary N) is 1. The van der Waals surface area contributed by atoms with Crippen molar-refractivity contribution in [1.82, 2.24) is 10.2 Å². The first-order valence-electron chi connectivity index (χ1n) is 8.06. The average molecular weight is 377 g/mol. The summed E-state index contributed by atoms with van der Waals surface area (Å²) in [6, 6.07) is 14.7. The third kappa shape index (κ3) is 4.53. The summed E-state index contributed by atoms with van der Waals surface area (Å²) in [6.07, 6.45) is 0.233. The number of hydrogen-bond acceptors (Lipinski definition) is 2. The van der Waals surface area contributed by atoms with E-state index in [1.165, 1.54) is 0 Å². The van der Waals surface area contributed by atoms with Gasteiger partial charge in [-0.1, -0.05) is 53.5 Å². The molecule has 0 aliphatic carbocycles. The summed E-state index contributed by atoms with van der Waals surface area (Å²) in [4.78, 5) is 26.2. The number of benzene rings is 2. The monoisotopic (exact) mass is 376 g/mol. The Bertz CT molecular complexity index is 777. The molecule has 2 aromatic carbocycles. The van der Waals surface area contributed by atoms with Gasteiger partial charge in [-0.3, -0.25) is 9.59 Å². The molecule has 25 heavy (non-hydrogen) atoms. The van der Waals surface area contributed by atoms with E-state index in [-0.39, 0.29) is 24.2 Å². The second-order valence-corrected chi connectivity index (χ2v) is 6.95. The van der Waals surface area contributed by atoms with Crippen molar-refractivity contribution in [2.45, 2.75) is 19.5 Å². The highest BCUT2D eigenvalue weighted by atomic mass is 35.5. The molecular formula is C19H18Cl2N2O2. The highest BCUT2D eigenvalue weighted by Crippen LogP contribution is 2.23. The van der Waals surface area contributed by atoms with Crippen molar-refractivity contribution in [3.8, 4) is 0 Å². The summed E-state index contributed by atoms with van der Waals surface area (Å²) in [6.45, 7) is 1.27. The van der Waals surface area contributed by atoms with Gasteiger partial charge in [-0.25, -0.2) is 0 Å². The topological polar surface area (TPSA) is 49.4 Å². The Morgan fingerprint density at radius 2 is 1.84 bits per heavy atom. The zero-order valence-corrected chi connectivity index (χ0v) is 15.1. The number of likely N-dealkylation sites (tertiary alicyclic amines) is 1. The van der Waals surface area contributed by atoms with Crippen molar-refractivity contribution >= 4 is 35.0 Å². The lowest BCUT2D eigenvalue weighted by Gasteiger charge is -2.17. The second kappa shape index (κ2) is 7.89. The molecule has 0 saturated carbocycles. The van der Waals surface area contributed by atoms with Crippen LogP contribution in [0.5, 0.6) is 0 Å². The third-order valence-corrected chi connectivity index (χ3v) is 4.91. The Hall–Kier alpha value is -2.04. The molecule has 3 rings (SSSR count). The molecule has 130 valence electrons. The summed E-state index contributed by atoms with van der Waals surface area (Å²) in [5.74, 6) is -0.459. The minimum Gasteiger partial charge on any atom is -0.352 e. The van der Waals surface area contributed by atoms with Crippen LogP contribution in [0.3, 0.4) is 0 Å². The minimum absolute atomic E-state index is 0.0217. The number of amides is 2. The Balaban J connectivity index is 1.55. The molecule has 0 aromatic heterocycles. The normalized spacial score (nSPS) is 17.0. The van der Waals surface area contributed by atoms with Gasteiger partial charge in [-0.15, -0.1) is 0 Å². The fourth-order valence-electron chi connectivity index (χ4n) is 2.87. The zero-order chi connectivity index (χ0) is 17.8. The van der Waals surface area contributed by atoms with Crippen molar-refractivity contribution in [1.29, 1.82) is 0 Å². The molecule has 1 N–H and O–H groups in total. The van der Waals surface area contributed by atoms with Crippen molar-refractivity contribution < 1.29 is 9.59 Å². The molecule has 1 atom stereocenters. The first-order chi connectivity index (χ1) is 12.0. The SMILES string of the molecule is O=C(NCc1ccc(Cl)cc1)C1CC(=O)N(Cc2ccccc2Cl)C1. The fraction of sp³-hybridized carbons (Fsp3) is 0.263. The van der Waals surface area contributed by atoms with Crippen LogP contribution in [0.2, 0.25) is 10.0 Å². The first kappa shape index (κ1) is 17.8. The van der Waals surface area contributed by atoms with Crippen LogP contribution < -0.4 is 5.32 Å². The summed E-state index contributed by atoms with van der Waals surface area (Å²) in [5.41, 5.74) is 1.86. The Morgan fingerprint density at radius 1 is 1.12 bits per heavy atom. The molecule has 1 aliphatic heterocycles. The lowest BCUT2D eigenvalue weighted by atomic mass is 10.1. The van der Waals surface area contributed by atoms with Gasteiger partial charge >= 0.3 is 0 Å². The summed E-state index contributed by atoms with van der Waals surface area (Å²) >= 11 is 12.0. The van der Waals surface area contributed by atoms with E-state index in [0.717, 1.165) is 11.1 Å². The van der Waals surface area contributed by atoms with Crippen LogP contribution in [0.25, 0.3) is 0 Å². The van der Waals surface area contributed by atoms with Gasteiger partial charge in [0.1, 0.15) is 0 Å². The van der Waals surface area contributed by atoms with Crippen LogP contribution in [-0.4, -0.2) is 23.3 Å². The summed E-state index contributed by atoms with van der Waals surface area (Å²) < 4.78 is 0. The number of halogens is 2. The van der Waals surface area contributed by atoms with E-state index in [9.17, 15) is 9.59 Å². The largest absolute Gasteiger partial charge is 0.352 e. The van der Waals surface area contributed by atoms with Gasteiger partial charge in [0.05, 0.1) is 5.92 Å². The van der Waals surface area contributed by atoms with E-state index in [1.54, 1.807) is 23.1 Å². The highest BCUT2D eigenvalue weighted by Gasteiger charge is 2.34. The highest BCUT2D eigenvalue weighted by molar-refractivity contribution is 6.31. The van der Waals surface area contributed by atoms with Crippen LogP contribution in [0, 0.1) is 5.92 Å². The number of rotatable bonds is 5. The van der Waals surface area contributed by atoms with Crippen LogP contribution >= 0.6 is 23.2 Å². The van der Waals surface area contributed by atoms with Crippen molar-refractivity contribution in [3.05, 3.63) is 69.7 Å². The van der Waals surface area contributed by atoms with Gasteiger partial charge < -0.3 is 10.2 Å². The summed E-state index contributed by atoms with van der Waals surface area (Å²) in [7, 11) is 0. The van der Waals surface area contributed by atoms with Crippen LogP contribution in [-0.2, 0) is 22.7 Å². The van der Waals surface area contributed by atoms with Gasteiger partial charge in [-0.2, -0.15) is 0 Å². The van der Waals surface area contributed by atoms with Gasteiger partial charge in [0.2, 0.25) is 11.8 Å². The van der Waals surface area contributed by atoms with E-state index in [1.807, 2.05) is 30.3 Å². The average Bonchev–Trinajstić information content (AvgIpc) is 2.97. The maximum absolute atomic E-state index is 12.4. The van der Waals surface area contributed by atoms with E-state index < -0.39 is 0 Å². The van der Waals surface area contributed by atoms with Gasteiger partial charge in [0.25, 0.3) is 0 Å². The van der Waals surface area contributed by atoms with Crippen molar-refractivity contribution in [3.63, 3.8) is 0 Å². The predicted octanol–water partition coefficient (Wildman–Crippen LogP) is 3.66. The molecule has 0 radical (unpaired) electrons. The van der Waals surface area contributed by atoms with E-state index >= 15 is 0 Å². The van der Waals surface area contributed by atoms with Gasteiger partial charge in [0.15, 0.2) is 0 Å². The summed E-state index contributed by atoms with van der Waals surface area (Å²) in [5, 5.41) is 4.18. The molecule has 0 spiro atoms. The molecule has 0 bridgehead atoms. The molecule has 6 heteroatoms. The molecular weight excluding hydrogens is 359 g/mol. The maximum atomic E-state index is 12.4. The molecule has 1 saturated heterocycles. The molecule has 1 unspecified atom stereocenters. The Labute approximate surface area is 156 Å². The molecule has 1 fully saturated rings. The standard InChI is InChI=1S/C19H18Cl2N2O2/c20-16-7-5-13(6-8-16)10-22-19(25)15-9-18(24)23(12-15)11-14-3-1-2-4-17(14)21/h1-8,15H,9-12H2,(H,22,25). The lowest BCUT2D eigenvalue weighted by Crippen LogP contribution is -2.32. The number of carbonyl (C=O) groups excluding carboxylic acids is 2. The second-order valence-electron chi connectivity index (χ2n) is 6.11. The molecule has 1 aliphatic rings. The quantitative estimate of drug-likeness (QED) is 0.865. The molecule has 1 heterocycles. The van der Waals surface area contributed by atoms with Crippen LogP contribution in [0.4, 0.5) is 0 Å². The third-order valence-electron chi connectivity index (χ3n) is 4.28. The van der Waals surface area contributed by atoms with E-state index in [0.29, 0.717) is 29.7 Å². The van der Waals surface area contributed by atoms with Crippen molar-refractivity contribution in [2.24, 2.45) is 5.92 Å². The number of carbonyl (C=O) groups is 2. The first-order valence-corrected chi connectivity index (χ1v) is 8.82.